The van der Waals surface area contributed by atoms with E-state index < -0.39 is 0 Å². The Labute approximate surface area is 72.4 Å². The fraction of sp³-hybridized carbons (Fsp3) is 0.500. The van der Waals surface area contributed by atoms with E-state index in [-0.39, 0.29) is 0 Å². The lowest BCUT2D eigenvalue weighted by atomic mass is 10.4. The largest absolute Gasteiger partial charge is 0.333 e. The van der Waals surface area contributed by atoms with Crippen molar-refractivity contribution in [1.29, 1.82) is 0 Å². The Balaban J connectivity index is 0.000000561. The molecule has 0 saturated carbocycles. The first-order chi connectivity index (χ1) is 5.77. The van der Waals surface area contributed by atoms with E-state index in [1.165, 1.54) is 7.05 Å². The van der Waals surface area contributed by atoms with Gasteiger partial charge in [-0.25, -0.2) is 0 Å². The van der Waals surface area contributed by atoms with Gasteiger partial charge in [0.2, 0.25) is 0 Å². The predicted octanol–water partition coefficient (Wildman–Crippen LogP) is 0.599. The molecular weight excluding hydrogens is 154 g/mol. The summed E-state index contributed by atoms with van der Waals surface area (Å²) < 4.78 is 1.68. The molecule has 0 aromatic carbocycles. The number of hydrogen-bond acceptors (Lipinski definition) is 3. The lowest BCUT2D eigenvalue weighted by Gasteiger charge is -1.94. The van der Waals surface area contributed by atoms with Crippen LogP contribution in [0.3, 0.4) is 0 Å². The first-order valence-electron chi connectivity index (χ1n) is 3.85. The summed E-state index contributed by atoms with van der Waals surface area (Å²) in [5.41, 5.74) is 6.05. The highest BCUT2D eigenvalue weighted by molar-refractivity contribution is 5.72. The molecule has 4 nitrogen and oxygen atoms in total. The van der Waals surface area contributed by atoms with Crippen molar-refractivity contribution in [3.8, 4) is 0 Å². The standard InChI is InChI=1S/C7H10N2O.CH5N/c1-3-9-7(5-10)4-6(2)8-9;1-2/h4-5H,3H2,1-2H3;2H2,1H3. The predicted molar refractivity (Wildman–Crippen MR) is 48.1 cm³/mol. The summed E-state index contributed by atoms with van der Waals surface area (Å²) >= 11 is 0. The highest BCUT2D eigenvalue weighted by atomic mass is 16.1. The van der Waals surface area contributed by atoms with Gasteiger partial charge in [-0.15, -0.1) is 0 Å². The summed E-state index contributed by atoms with van der Waals surface area (Å²) in [4.78, 5) is 10.3. The van der Waals surface area contributed by atoms with E-state index in [0.29, 0.717) is 5.69 Å². The normalized spacial score (nSPS) is 8.67. The molecule has 1 rings (SSSR count). The Kier molecular flexibility index (Phi) is 4.96. The second-order valence-corrected chi connectivity index (χ2v) is 2.14. The van der Waals surface area contributed by atoms with E-state index >= 15 is 0 Å². The van der Waals surface area contributed by atoms with Crippen molar-refractivity contribution in [3.63, 3.8) is 0 Å². The molecule has 0 unspecified atom stereocenters. The number of aromatic nitrogens is 2. The van der Waals surface area contributed by atoms with Crippen LogP contribution in [0, 0.1) is 6.92 Å². The maximum absolute atomic E-state index is 10.3. The molecule has 0 aliphatic rings. The first-order valence-corrected chi connectivity index (χ1v) is 3.85. The van der Waals surface area contributed by atoms with Crippen molar-refractivity contribution < 1.29 is 4.79 Å². The van der Waals surface area contributed by atoms with Crippen LogP contribution in [-0.4, -0.2) is 23.1 Å². The molecule has 4 heteroatoms. The summed E-state index contributed by atoms with van der Waals surface area (Å²) in [6.07, 6.45) is 0.823. The number of rotatable bonds is 2. The quantitative estimate of drug-likeness (QED) is 0.659. The number of aldehydes is 1. The van der Waals surface area contributed by atoms with Crippen LogP contribution in [0.4, 0.5) is 0 Å². The first kappa shape index (κ1) is 10.8. The molecule has 12 heavy (non-hydrogen) atoms. The van der Waals surface area contributed by atoms with Crippen molar-refractivity contribution in [2.45, 2.75) is 20.4 Å². The molecule has 0 radical (unpaired) electrons. The molecule has 0 atom stereocenters. The topological polar surface area (TPSA) is 60.9 Å². The lowest BCUT2D eigenvalue weighted by Crippen LogP contribution is -2.00. The molecule has 0 fully saturated rings. The van der Waals surface area contributed by atoms with E-state index in [9.17, 15) is 4.79 Å². The van der Waals surface area contributed by atoms with Gasteiger partial charge in [-0.1, -0.05) is 0 Å². The minimum absolute atomic E-state index is 0.653. The molecule has 0 aliphatic carbocycles. The zero-order valence-electron chi connectivity index (χ0n) is 7.74. The maximum Gasteiger partial charge on any atom is 0.168 e. The average molecular weight is 169 g/mol. The zero-order chi connectivity index (χ0) is 9.56. The van der Waals surface area contributed by atoms with Crippen LogP contribution < -0.4 is 5.73 Å². The van der Waals surface area contributed by atoms with Gasteiger partial charge < -0.3 is 5.73 Å². The summed E-state index contributed by atoms with van der Waals surface area (Å²) in [6, 6.07) is 1.77. The van der Waals surface area contributed by atoms with E-state index in [2.05, 4.69) is 10.8 Å². The van der Waals surface area contributed by atoms with Crippen LogP contribution in [0.15, 0.2) is 6.07 Å². The second-order valence-electron chi connectivity index (χ2n) is 2.14. The van der Waals surface area contributed by atoms with E-state index in [1.54, 1.807) is 10.7 Å². The van der Waals surface area contributed by atoms with Gasteiger partial charge in [-0.05, 0) is 27.0 Å². The molecule has 1 aromatic heterocycles. The fourth-order valence-corrected chi connectivity index (χ4v) is 0.914. The Morgan fingerprint density at radius 2 is 2.25 bits per heavy atom. The van der Waals surface area contributed by atoms with Crippen LogP contribution in [0.2, 0.25) is 0 Å². The number of nitrogens with zero attached hydrogens (tertiary/aromatic N) is 2. The third-order valence-electron chi connectivity index (χ3n) is 1.35. The Hall–Kier alpha value is -1.16. The van der Waals surface area contributed by atoms with Crippen molar-refractivity contribution in [3.05, 3.63) is 17.5 Å². The number of aryl methyl sites for hydroxylation is 2. The third kappa shape index (κ3) is 2.47. The minimum atomic E-state index is 0.653. The van der Waals surface area contributed by atoms with Crippen molar-refractivity contribution in [1.82, 2.24) is 9.78 Å². The van der Waals surface area contributed by atoms with Crippen LogP contribution in [0.5, 0.6) is 0 Å². The minimum Gasteiger partial charge on any atom is -0.333 e. The highest BCUT2D eigenvalue weighted by Crippen LogP contribution is 1.99. The second kappa shape index (κ2) is 5.49. The molecule has 2 N–H and O–H groups in total. The van der Waals surface area contributed by atoms with E-state index in [4.69, 9.17) is 0 Å². The van der Waals surface area contributed by atoms with Gasteiger partial charge in [0.15, 0.2) is 6.29 Å². The molecule has 1 heterocycles. The average Bonchev–Trinajstić information content (AvgIpc) is 2.49. The highest BCUT2D eigenvalue weighted by Gasteiger charge is 1.99. The summed E-state index contributed by atoms with van der Waals surface area (Å²) in [5, 5.41) is 4.09. The molecule has 1 aromatic rings. The molecule has 0 spiro atoms. The molecule has 0 amide bonds. The van der Waals surface area contributed by atoms with Gasteiger partial charge in [0.05, 0.1) is 5.69 Å². The molecule has 0 aliphatic heterocycles. The Morgan fingerprint density at radius 3 is 2.58 bits per heavy atom. The van der Waals surface area contributed by atoms with Gasteiger partial charge in [0, 0.05) is 6.54 Å². The maximum atomic E-state index is 10.3. The molecule has 0 bridgehead atoms. The van der Waals surface area contributed by atoms with Crippen molar-refractivity contribution in [2.24, 2.45) is 5.73 Å². The Bertz CT molecular complexity index is 242. The van der Waals surface area contributed by atoms with Gasteiger partial charge in [-0.2, -0.15) is 5.10 Å². The van der Waals surface area contributed by atoms with Gasteiger partial charge in [0.25, 0.3) is 0 Å². The van der Waals surface area contributed by atoms with Gasteiger partial charge >= 0.3 is 0 Å². The van der Waals surface area contributed by atoms with Crippen LogP contribution in [0.25, 0.3) is 0 Å². The van der Waals surface area contributed by atoms with E-state index in [0.717, 1.165) is 18.5 Å². The summed E-state index contributed by atoms with van der Waals surface area (Å²) in [6.45, 7) is 4.58. The van der Waals surface area contributed by atoms with Crippen LogP contribution >= 0.6 is 0 Å². The van der Waals surface area contributed by atoms with Crippen LogP contribution in [-0.2, 0) is 6.54 Å². The van der Waals surface area contributed by atoms with Crippen molar-refractivity contribution in [2.75, 3.05) is 7.05 Å². The number of carbonyl (C=O) groups is 1. The SMILES string of the molecule is CCn1nc(C)cc1C=O.CN. The van der Waals surface area contributed by atoms with E-state index in [1.807, 2.05) is 13.8 Å². The van der Waals surface area contributed by atoms with Crippen LogP contribution in [0.1, 0.15) is 23.1 Å². The van der Waals surface area contributed by atoms with Crippen molar-refractivity contribution >= 4 is 6.29 Å². The fourth-order valence-electron chi connectivity index (χ4n) is 0.914. The lowest BCUT2D eigenvalue weighted by molar-refractivity contribution is 0.111. The van der Waals surface area contributed by atoms with Gasteiger partial charge in [-0.3, -0.25) is 9.48 Å². The monoisotopic (exact) mass is 169 g/mol. The number of nitrogens with two attached hydrogens (primary N) is 1. The molecular formula is C8H15N3O. The summed E-state index contributed by atoms with van der Waals surface area (Å²) in [7, 11) is 1.50. The molecule has 68 valence electrons. The zero-order valence-corrected chi connectivity index (χ0v) is 7.74. The summed E-state index contributed by atoms with van der Waals surface area (Å²) in [5.74, 6) is 0. The Morgan fingerprint density at radius 1 is 1.67 bits per heavy atom. The molecule has 0 saturated heterocycles. The third-order valence-corrected chi connectivity index (χ3v) is 1.35. The van der Waals surface area contributed by atoms with Gasteiger partial charge in [0.1, 0.15) is 5.69 Å². The number of carbonyl (C=O) groups excluding carboxylic acids is 1. The number of hydrogen-bond donors (Lipinski definition) is 1. The smallest absolute Gasteiger partial charge is 0.168 e.